The van der Waals surface area contributed by atoms with Crippen molar-refractivity contribution in [3.63, 3.8) is 0 Å². The van der Waals surface area contributed by atoms with Gasteiger partial charge in [-0.15, -0.1) is 0 Å². The summed E-state index contributed by atoms with van der Waals surface area (Å²) in [6.07, 6.45) is 0. The van der Waals surface area contributed by atoms with Crippen LogP contribution in [0.1, 0.15) is 27.0 Å². The van der Waals surface area contributed by atoms with E-state index in [-0.39, 0.29) is 12.5 Å². The number of hydrogen-bond acceptors (Lipinski definition) is 4. The molecule has 0 heterocycles. The normalized spacial score (nSPS) is 10.3. The van der Waals surface area contributed by atoms with Crippen LogP contribution in [0.25, 0.3) is 0 Å². The minimum Gasteiger partial charge on any atom is -0.483 e. The highest BCUT2D eigenvalue weighted by molar-refractivity contribution is 6.33. The number of aryl methyl sites for hydroxylation is 2. The fraction of sp³-hybridized carbons (Fsp3) is 0.263. The number of halogens is 1. The van der Waals surface area contributed by atoms with Crippen molar-refractivity contribution in [1.82, 2.24) is 0 Å². The average Bonchev–Trinajstić information content (AvgIpc) is 2.59. The average molecular weight is 362 g/mol. The van der Waals surface area contributed by atoms with E-state index in [1.807, 2.05) is 32.9 Å². The molecular weight excluding hydrogens is 342 g/mol. The van der Waals surface area contributed by atoms with Crippen LogP contribution in [-0.2, 0) is 9.53 Å². The summed E-state index contributed by atoms with van der Waals surface area (Å²) >= 11 is 6.07. The molecule has 0 aliphatic carbocycles. The molecule has 0 saturated heterocycles. The Morgan fingerprint density at radius 3 is 2.44 bits per heavy atom. The summed E-state index contributed by atoms with van der Waals surface area (Å²) < 4.78 is 10.3. The number of rotatable bonds is 5. The summed E-state index contributed by atoms with van der Waals surface area (Å²) in [5.74, 6) is -0.178. The molecular formula is C19H20ClNO4. The Balaban J connectivity index is 2.09. The smallest absolute Gasteiger partial charge is 0.337 e. The molecule has 6 heteroatoms. The fourth-order valence-corrected chi connectivity index (χ4v) is 2.50. The highest BCUT2D eigenvalue weighted by Crippen LogP contribution is 2.26. The summed E-state index contributed by atoms with van der Waals surface area (Å²) in [5, 5.41) is 2.97. The van der Waals surface area contributed by atoms with Crippen molar-refractivity contribution in [2.24, 2.45) is 0 Å². The number of carbonyl (C=O) groups excluding carboxylic acids is 2. The first-order chi connectivity index (χ1) is 11.8. The van der Waals surface area contributed by atoms with Crippen LogP contribution in [0.3, 0.4) is 0 Å². The van der Waals surface area contributed by atoms with Crippen LogP contribution in [-0.4, -0.2) is 25.6 Å². The second kappa shape index (κ2) is 8.03. The van der Waals surface area contributed by atoms with Gasteiger partial charge in [-0.25, -0.2) is 4.79 Å². The number of esters is 1. The van der Waals surface area contributed by atoms with Gasteiger partial charge in [0.25, 0.3) is 5.91 Å². The lowest BCUT2D eigenvalue weighted by atomic mass is 10.1. The molecule has 25 heavy (non-hydrogen) atoms. The van der Waals surface area contributed by atoms with Gasteiger partial charge in [0.15, 0.2) is 6.61 Å². The molecule has 0 unspecified atom stereocenters. The van der Waals surface area contributed by atoms with E-state index in [9.17, 15) is 9.59 Å². The third kappa shape index (κ3) is 4.51. The number of amides is 1. The van der Waals surface area contributed by atoms with Crippen molar-refractivity contribution in [2.45, 2.75) is 20.8 Å². The predicted molar refractivity (Wildman–Crippen MR) is 97.6 cm³/mol. The Morgan fingerprint density at radius 1 is 1.08 bits per heavy atom. The molecule has 0 aromatic heterocycles. The van der Waals surface area contributed by atoms with Crippen molar-refractivity contribution in [3.05, 3.63) is 57.6 Å². The monoisotopic (exact) mass is 361 g/mol. The van der Waals surface area contributed by atoms with E-state index in [1.54, 1.807) is 0 Å². The first-order valence-corrected chi connectivity index (χ1v) is 8.08. The van der Waals surface area contributed by atoms with Gasteiger partial charge in [0.2, 0.25) is 0 Å². The van der Waals surface area contributed by atoms with Crippen LogP contribution >= 0.6 is 11.6 Å². The zero-order valence-corrected chi connectivity index (χ0v) is 15.4. The lowest BCUT2D eigenvalue weighted by Gasteiger charge is -2.14. The summed E-state index contributed by atoms with van der Waals surface area (Å²) in [5.41, 5.74) is 3.68. The molecule has 0 atom stereocenters. The number of ether oxygens (including phenoxy) is 2. The zero-order valence-electron chi connectivity index (χ0n) is 14.6. The number of nitrogens with one attached hydrogen (secondary N) is 1. The van der Waals surface area contributed by atoms with E-state index in [0.29, 0.717) is 22.0 Å². The topological polar surface area (TPSA) is 64.6 Å². The third-order valence-corrected chi connectivity index (χ3v) is 4.21. The van der Waals surface area contributed by atoms with Crippen LogP contribution in [0.15, 0.2) is 30.3 Å². The Bertz CT molecular complexity index is 817. The highest BCUT2D eigenvalue weighted by Gasteiger charge is 2.13. The first kappa shape index (κ1) is 18.8. The number of methoxy groups -OCH3 is 1. The Hall–Kier alpha value is -2.53. The van der Waals surface area contributed by atoms with Gasteiger partial charge >= 0.3 is 5.97 Å². The van der Waals surface area contributed by atoms with Crippen LogP contribution in [0, 0.1) is 20.8 Å². The lowest BCUT2D eigenvalue weighted by Crippen LogP contribution is -2.21. The standard InChI is InChI=1S/C19H20ClNO4/c1-11-5-6-12(2)18(13(11)3)25-10-17(22)21-16-9-14(19(23)24-4)7-8-15(16)20/h5-9H,10H2,1-4H3,(H,21,22). The largest absolute Gasteiger partial charge is 0.483 e. The van der Waals surface area contributed by atoms with Gasteiger partial charge in [-0.1, -0.05) is 23.7 Å². The number of anilines is 1. The van der Waals surface area contributed by atoms with Gasteiger partial charge in [-0.3, -0.25) is 4.79 Å². The maximum Gasteiger partial charge on any atom is 0.337 e. The van der Waals surface area contributed by atoms with Gasteiger partial charge in [0, 0.05) is 0 Å². The van der Waals surface area contributed by atoms with Crippen LogP contribution in [0.2, 0.25) is 5.02 Å². The van der Waals surface area contributed by atoms with Crippen LogP contribution in [0.5, 0.6) is 5.75 Å². The molecule has 2 aromatic carbocycles. The molecule has 0 aliphatic heterocycles. The second-order valence-corrected chi connectivity index (χ2v) is 6.08. The summed E-state index contributed by atoms with van der Waals surface area (Å²) in [4.78, 5) is 23.8. The molecule has 0 radical (unpaired) electrons. The van der Waals surface area contributed by atoms with Gasteiger partial charge in [-0.2, -0.15) is 0 Å². The Kier molecular flexibility index (Phi) is 6.04. The number of benzene rings is 2. The SMILES string of the molecule is COC(=O)c1ccc(Cl)c(NC(=O)COc2c(C)ccc(C)c2C)c1. The van der Waals surface area contributed by atoms with Gasteiger partial charge in [0.05, 0.1) is 23.4 Å². The molecule has 0 fully saturated rings. The summed E-state index contributed by atoms with van der Waals surface area (Å²) in [7, 11) is 1.29. The lowest BCUT2D eigenvalue weighted by molar-refractivity contribution is -0.118. The molecule has 5 nitrogen and oxygen atoms in total. The molecule has 0 saturated carbocycles. The number of carbonyl (C=O) groups is 2. The van der Waals surface area contributed by atoms with Crippen molar-refractivity contribution in [3.8, 4) is 5.75 Å². The van der Waals surface area contributed by atoms with Crippen LogP contribution < -0.4 is 10.1 Å². The maximum atomic E-state index is 12.2. The van der Waals surface area contributed by atoms with E-state index in [2.05, 4.69) is 10.1 Å². The van der Waals surface area contributed by atoms with E-state index in [1.165, 1.54) is 25.3 Å². The minimum absolute atomic E-state index is 0.163. The van der Waals surface area contributed by atoms with Crippen molar-refractivity contribution in [1.29, 1.82) is 0 Å². The zero-order chi connectivity index (χ0) is 18.6. The van der Waals surface area contributed by atoms with E-state index < -0.39 is 5.97 Å². The van der Waals surface area contributed by atoms with Crippen molar-refractivity contribution < 1.29 is 19.1 Å². The summed E-state index contributed by atoms with van der Waals surface area (Å²) in [6, 6.07) is 8.48. The molecule has 0 spiro atoms. The minimum atomic E-state index is -0.505. The Morgan fingerprint density at radius 2 is 1.76 bits per heavy atom. The Labute approximate surface area is 151 Å². The fourth-order valence-electron chi connectivity index (χ4n) is 2.34. The molecule has 132 valence electrons. The third-order valence-electron chi connectivity index (χ3n) is 3.88. The molecule has 2 rings (SSSR count). The maximum absolute atomic E-state index is 12.2. The molecule has 2 aromatic rings. The molecule has 0 bridgehead atoms. The quantitative estimate of drug-likeness (QED) is 0.815. The number of hydrogen-bond donors (Lipinski definition) is 1. The van der Waals surface area contributed by atoms with E-state index in [0.717, 1.165) is 16.7 Å². The van der Waals surface area contributed by atoms with Gasteiger partial charge < -0.3 is 14.8 Å². The molecule has 1 amide bonds. The van der Waals surface area contributed by atoms with Gasteiger partial charge in [0.1, 0.15) is 5.75 Å². The van der Waals surface area contributed by atoms with Crippen molar-refractivity contribution >= 4 is 29.2 Å². The van der Waals surface area contributed by atoms with E-state index in [4.69, 9.17) is 16.3 Å². The first-order valence-electron chi connectivity index (χ1n) is 7.70. The van der Waals surface area contributed by atoms with Crippen LogP contribution in [0.4, 0.5) is 5.69 Å². The van der Waals surface area contributed by atoms with Gasteiger partial charge in [-0.05, 0) is 55.7 Å². The highest BCUT2D eigenvalue weighted by atomic mass is 35.5. The molecule has 0 aliphatic rings. The molecule has 1 N–H and O–H groups in total. The van der Waals surface area contributed by atoms with E-state index >= 15 is 0 Å². The van der Waals surface area contributed by atoms with Crippen molar-refractivity contribution in [2.75, 3.05) is 19.0 Å². The second-order valence-electron chi connectivity index (χ2n) is 5.68. The summed E-state index contributed by atoms with van der Waals surface area (Å²) in [6.45, 7) is 5.70. The predicted octanol–water partition coefficient (Wildman–Crippen LogP) is 4.07.